The largest absolute Gasteiger partial charge is 0.452 e. The van der Waals surface area contributed by atoms with Crippen LogP contribution in [0.1, 0.15) is 42.0 Å². The molecule has 1 amide bonds. The number of aryl methyl sites for hydroxylation is 2. The fourth-order valence-electron chi connectivity index (χ4n) is 3.66. The Kier molecular flexibility index (Phi) is 5.58. The number of nitrogens with zero attached hydrogens (tertiary/aromatic N) is 4. The Hall–Kier alpha value is -2.70. The molecule has 7 nitrogen and oxygen atoms in total. The number of aromatic nitrogens is 3. The van der Waals surface area contributed by atoms with E-state index < -0.39 is 5.97 Å². The molecule has 3 heterocycles. The molecule has 1 fully saturated rings. The first-order valence-electron chi connectivity index (χ1n) is 9.28. The van der Waals surface area contributed by atoms with Crippen LogP contribution in [0.2, 0.25) is 0 Å². The lowest BCUT2D eigenvalue weighted by Gasteiger charge is -2.34. The van der Waals surface area contributed by atoms with Crippen molar-refractivity contribution >= 4 is 11.9 Å². The van der Waals surface area contributed by atoms with E-state index in [2.05, 4.69) is 23.9 Å². The summed E-state index contributed by atoms with van der Waals surface area (Å²) < 4.78 is 6.91. The number of carbonyl (C=O) groups excluding carboxylic acids is 2. The zero-order valence-electron chi connectivity index (χ0n) is 16.3. The third kappa shape index (κ3) is 4.53. The van der Waals surface area contributed by atoms with E-state index >= 15 is 0 Å². The number of carbonyl (C=O) groups is 2. The number of amides is 1. The SMILES string of the molecule is Cc1cc(C)n(-c2ccc(C(=O)OCC(=O)N3CC(C)CC(C)C3)cn2)n1. The van der Waals surface area contributed by atoms with Gasteiger partial charge in [0, 0.05) is 25.0 Å². The second kappa shape index (κ2) is 7.90. The van der Waals surface area contributed by atoms with E-state index in [9.17, 15) is 9.59 Å². The van der Waals surface area contributed by atoms with Crippen molar-refractivity contribution in [2.24, 2.45) is 11.8 Å². The summed E-state index contributed by atoms with van der Waals surface area (Å²) in [7, 11) is 0. The number of likely N-dealkylation sites (tertiary alicyclic amines) is 1. The Balaban J connectivity index is 1.58. The van der Waals surface area contributed by atoms with Gasteiger partial charge < -0.3 is 9.64 Å². The van der Waals surface area contributed by atoms with E-state index in [4.69, 9.17) is 4.74 Å². The van der Waals surface area contributed by atoms with Crippen LogP contribution in [0.4, 0.5) is 0 Å². The smallest absolute Gasteiger partial charge is 0.340 e. The summed E-state index contributed by atoms with van der Waals surface area (Å²) in [5.74, 6) is 0.881. The number of rotatable bonds is 4. The Morgan fingerprint density at radius 1 is 1.19 bits per heavy atom. The first-order valence-corrected chi connectivity index (χ1v) is 9.28. The molecule has 7 heteroatoms. The minimum atomic E-state index is -0.547. The van der Waals surface area contributed by atoms with Crippen molar-refractivity contribution in [2.75, 3.05) is 19.7 Å². The van der Waals surface area contributed by atoms with E-state index in [1.54, 1.807) is 21.7 Å². The van der Waals surface area contributed by atoms with Gasteiger partial charge >= 0.3 is 5.97 Å². The molecule has 0 saturated carbocycles. The first kappa shape index (κ1) is 19.1. The third-order valence-corrected chi connectivity index (χ3v) is 4.76. The van der Waals surface area contributed by atoms with Crippen LogP contribution in [0.15, 0.2) is 24.4 Å². The molecular formula is C20H26N4O3. The lowest BCUT2D eigenvalue weighted by Crippen LogP contribution is -2.44. The summed E-state index contributed by atoms with van der Waals surface area (Å²) >= 11 is 0. The molecule has 0 aliphatic carbocycles. The number of pyridine rings is 1. The molecule has 144 valence electrons. The van der Waals surface area contributed by atoms with Crippen molar-refractivity contribution in [3.8, 4) is 5.82 Å². The average Bonchev–Trinajstić information content (AvgIpc) is 2.97. The molecule has 1 aliphatic rings. The van der Waals surface area contributed by atoms with Crippen LogP contribution >= 0.6 is 0 Å². The van der Waals surface area contributed by atoms with Crippen molar-refractivity contribution in [2.45, 2.75) is 34.1 Å². The molecule has 3 rings (SSSR count). The maximum absolute atomic E-state index is 12.3. The molecule has 0 radical (unpaired) electrons. The molecule has 1 saturated heterocycles. The van der Waals surface area contributed by atoms with Gasteiger partial charge in [0.2, 0.25) is 0 Å². The normalized spacial score (nSPS) is 19.8. The van der Waals surface area contributed by atoms with Crippen LogP contribution in [0.3, 0.4) is 0 Å². The number of piperidine rings is 1. The molecule has 2 atom stereocenters. The summed E-state index contributed by atoms with van der Waals surface area (Å²) in [6.45, 7) is 9.33. The lowest BCUT2D eigenvalue weighted by atomic mass is 9.92. The maximum Gasteiger partial charge on any atom is 0.340 e. The number of esters is 1. The van der Waals surface area contributed by atoms with Crippen molar-refractivity contribution < 1.29 is 14.3 Å². The fraction of sp³-hybridized carbons (Fsp3) is 0.500. The molecule has 2 aromatic heterocycles. The van der Waals surface area contributed by atoms with Crippen LogP contribution in [0, 0.1) is 25.7 Å². The summed E-state index contributed by atoms with van der Waals surface area (Å²) in [6, 6.07) is 5.31. The number of ether oxygens (including phenoxy) is 1. The zero-order valence-corrected chi connectivity index (χ0v) is 16.3. The van der Waals surface area contributed by atoms with Crippen molar-refractivity contribution in [1.82, 2.24) is 19.7 Å². The minimum Gasteiger partial charge on any atom is -0.452 e. The van der Waals surface area contributed by atoms with Gasteiger partial charge in [-0.25, -0.2) is 14.5 Å². The Morgan fingerprint density at radius 3 is 2.44 bits per heavy atom. The predicted octanol–water partition coefficient (Wildman–Crippen LogP) is 2.55. The van der Waals surface area contributed by atoms with Gasteiger partial charge in [-0.15, -0.1) is 0 Å². The second-order valence-electron chi connectivity index (χ2n) is 7.56. The number of hydrogen-bond donors (Lipinski definition) is 0. The standard InChI is InChI=1S/C20H26N4O3/c1-13-7-14(2)11-23(10-13)19(25)12-27-20(26)17-5-6-18(21-9-17)24-16(4)8-15(3)22-24/h5-6,8-9,13-14H,7,10-12H2,1-4H3. The number of hydrogen-bond acceptors (Lipinski definition) is 5. The predicted molar refractivity (Wildman–Crippen MR) is 101 cm³/mol. The van der Waals surface area contributed by atoms with Crippen LogP contribution < -0.4 is 0 Å². The zero-order chi connectivity index (χ0) is 19.6. The summed E-state index contributed by atoms with van der Waals surface area (Å²) in [6.07, 6.45) is 2.57. The highest BCUT2D eigenvalue weighted by Crippen LogP contribution is 2.21. The highest BCUT2D eigenvalue weighted by molar-refractivity contribution is 5.91. The minimum absolute atomic E-state index is 0.144. The first-order chi connectivity index (χ1) is 12.8. The van der Waals surface area contributed by atoms with Gasteiger partial charge in [0.05, 0.1) is 11.3 Å². The quantitative estimate of drug-likeness (QED) is 0.773. The summed E-state index contributed by atoms with van der Waals surface area (Å²) in [5.41, 5.74) is 2.18. The van der Waals surface area contributed by atoms with E-state index in [0.29, 0.717) is 23.2 Å². The van der Waals surface area contributed by atoms with E-state index in [1.165, 1.54) is 6.20 Å². The highest BCUT2D eigenvalue weighted by Gasteiger charge is 2.26. The van der Waals surface area contributed by atoms with Crippen molar-refractivity contribution in [3.05, 3.63) is 41.3 Å². The van der Waals surface area contributed by atoms with E-state index in [-0.39, 0.29) is 12.5 Å². The molecule has 0 aromatic carbocycles. The molecule has 2 aromatic rings. The molecule has 2 unspecified atom stereocenters. The lowest BCUT2D eigenvalue weighted by molar-refractivity contribution is -0.137. The van der Waals surface area contributed by atoms with Gasteiger partial charge in [-0.3, -0.25) is 4.79 Å². The van der Waals surface area contributed by atoms with Gasteiger partial charge in [-0.2, -0.15) is 5.10 Å². The van der Waals surface area contributed by atoms with E-state index in [0.717, 1.165) is 30.9 Å². The molecule has 0 bridgehead atoms. The van der Waals surface area contributed by atoms with Gasteiger partial charge in [-0.05, 0) is 50.3 Å². The van der Waals surface area contributed by atoms with E-state index in [1.807, 2.05) is 19.9 Å². The van der Waals surface area contributed by atoms with Gasteiger partial charge in [0.1, 0.15) is 0 Å². The van der Waals surface area contributed by atoms with Gasteiger partial charge in [0.15, 0.2) is 12.4 Å². The van der Waals surface area contributed by atoms with Crippen LogP contribution in [0.25, 0.3) is 5.82 Å². The van der Waals surface area contributed by atoms with Crippen LogP contribution in [-0.4, -0.2) is 51.2 Å². The summed E-state index contributed by atoms with van der Waals surface area (Å²) in [5, 5.41) is 4.37. The molecule has 0 spiro atoms. The Labute approximate surface area is 159 Å². The Morgan fingerprint density at radius 2 is 1.89 bits per heavy atom. The Bertz CT molecular complexity index is 818. The van der Waals surface area contributed by atoms with Crippen molar-refractivity contribution in [1.29, 1.82) is 0 Å². The topological polar surface area (TPSA) is 77.3 Å². The maximum atomic E-state index is 12.3. The highest BCUT2D eigenvalue weighted by atomic mass is 16.5. The third-order valence-electron chi connectivity index (χ3n) is 4.76. The van der Waals surface area contributed by atoms with Crippen molar-refractivity contribution in [3.63, 3.8) is 0 Å². The fourth-order valence-corrected chi connectivity index (χ4v) is 3.66. The molecule has 0 N–H and O–H groups in total. The van der Waals surface area contributed by atoms with Gasteiger partial charge in [-0.1, -0.05) is 13.8 Å². The average molecular weight is 370 g/mol. The second-order valence-corrected chi connectivity index (χ2v) is 7.56. The monoisotopic (exact) mass is 370 g/mol. The van der Waals surface area contributed by atoms with Crippen LogP contribution in [0.5, 0.6) is 0 Å². The van der Waals surface area contributed by atoms with Crippen LogP contribution in [-0.2, 0) is 9.53 Å². The molecule has 27 heavy (non-hydrogen) atoms. The van der Waals surface area contributed by atoms with Gasteiger partial charge in [0.25, 0.3) is 5.91 Å². The molecule has 1 aliphatic heterocycles. The molecular weight excluding hydrogens is 344 g/mol. The summed E-state index contributed by atoms with van der Waals surface area (Å²) in [4.78, 5) is 30.6.